The molecule has 2 rings (SSSR count). The first-order valence-corrected chi connectivity index (χ1v) is 4.55. The lowest BCUT2D eigenvalue weighted by Gasteiger charge is -2.01. The molecular weight excluding hydrogens is 204 g/mol. The zero-order chi connectivity index (χ0) is 11.2. The normalized spacial score (nSPS) is 9.44. The van der Waals surface area contributed by atoms with E-state index in [2.05, 4.69) is 25.9 Å². The Labute approximate surface area is 92.6 Å². The van der Waals surface area contributed by atoms with Gasteiger partial charge < -0.3 is 4.74 Å². The van der Waals surface area contributed by atoms with Crippen molar-refractivity contribution in [2.24, 2.45) is 0 Å². The molecule has 0 aliphatic carbocycles. The second-order valence-corrected chi connectivity index (χ2v) is 2.84. The molecule has 0 spiro atoms. The number of aromatic nitrogens is 4. The molecule has 0 bridgehead atoms. The van der Waals surface area contributed by atoms with Crippen molar-refractivity contribution in [3.05, 3.63) is 31.0 Å². The van der Waals surface area contributed by atoms with E-state index in [1.54, 1.807) is 31.0 Å². The lowest BCUT2D eigenvalue weighted by atomic mass is 10.2. The Hall–Kier alpha value is -2.48. The van der Waals surface area contributed by atoms with E-state index in [0.717, 1.165) is 5.56 Å². The van der Waals surface area contributed by atoms with E-state index in [4.69, 9.17) is 11.2 Å². The highest BCUT2D eigenvalue weighted by Gasteiger charge is 2.01. The maximum Gasteiger partial charge on any atom is 0.317 e. The van der Waals surface area contributed by atoms with Crippen LogP contribution in [0.4, 0.5) is 0 Å². The Morgan fingerprint density at radius 1 is 1.12 bits per heavy atom. The highest BCUT2D eigenvalue weighted by molar-refractivity contribution is 5.54. The summed E-state index contributed by atoms with van der Waals surface area (Å²) in [6.07, 6.45) is 13.1. The second-order valence-electron chi connectivity index (χ2n) is 2.84. The van der Waals surface area contributed by atoms with Gasteiger partial charge in [0.2, 0.25) is 0 Å². The number of ether oxygens (including phenoxy) is 1. The molecule has 5 nitrogen and oxygen atoms in total. The Balaban J connectivity index is 2.17. The van der Waals surface area contributed by atoms with E-state index in [9.17, 15) is 0 Å². The number of hydrogen-bond acceptors (Lipinski definition) is 5. The average Bonchev–Trinajstić information content (AvgIpc) is 2.38. The van der Waals surface area contributed by atoms with Crippen LogP contribution in [0.2, 0.25) is 0 Å². The molecule has 0 saturated heterocycles. The topological polar surface area (TPSA) is 60.8 Å². The van der Waals surface area contributed by atoms with Crippen molar-refractivity contribution in [3.8, 4) is 29.6 Å². The Morgan fingerprint density at radius 3 is 2.56 bits per heavy atom. The molecule has 0 N–H and O–H groups in total. The Bertz CT molecular complexity index is 490. The van der Waals surface area contributed by atoms with Gasteiger partial charge in [-0.3, -0.25) is 9.97 Å². The summed E-state index contributed by atoms with van der Waals surface area (Å²) >= 11 is 0. The van der Waals surface area contributed by atoms with E-state index in [-0.39, 0.29) is 12.6 Å². The first-order valence-electron chi connectivity index (χ1n) is 4.55. The first kappa shape index (κ1) is 10.1. The van der Waals surface area contributed by atoms with Gasteiger partial charge in [-0.05, 0) is 0 Å². The third-order valence-electron chi connectivity index (χ3n) is 1.77. The van der Waals surface area contributed by atoms with E-state index in [1.807, 2.05) is 0 Å². The summed E-state index contributed by atoms with van der Waals surface area (Å²) in [5.74, 6) is 2.34. The molecule has 0 radical (unpaired) electrons. The summed E-state index contributed by atoms with van der Waals surface area (Å²) in [6.45, 7) is 0.157. The van der Waals surface area contributed by atoms with E-state index < -0.39 is 0 Å². The minimum atomic E-state index is 0.157. The lowest BCUT2D eigenvalue weighted by molar-refractivity contribution is 0.340. The van der Waals surface area contributed by atoms with Gasteiger partial charge in [0.25, 0.3) is 0 Å². The Morgan fingerprint density at radius 2 is 1.94 bits per heavy atom. The molecule has 0 aromatic carbocycles. The minimum Gasteiger partial charge on any atom is -0.450 e. The molecule has 0 fully saturated rings. The molecule has 78 valence electrons. The molecule has 2 aromatic heterocycles. The largest absolute Gasteiger partial charge is 0.450 e. The second kappa shape index (κ2) is 4.84. The van der Waals surface area contributed by atoms with Gasteiger partial charge in [-0.25, -0.2) is 9.97 Å². The van der Waals surface area contributed by atoms with E-state index >= 15 is 0 Å². The maximum atomic E-state index is 5.05. The van der Waals surface area contributed by atoms with Crippen molar-refractivity contribution < 1.29 is 4.74 Å². The standard InChI is InChI=1S/C11H8N4O/c1-2-5-16-11-14-6-9(7-15-11)10-8-12-3-4-13-10/h1,3-4,6-8H,5H2. The maximum absolute atomic E-state index is 5.05. The molecule has 2 aromatic rings. The van der Waals surface area contributed by atoms with Crippen LogP contribution in [0.1, 0.15) is 0 Å². The van der Waals surface area contributed by atoms with Gasteiger partial charge in [-0.1, -0.05) is 5.92 Å². The number of terminal acetylenes is 1. The van der Waals surface area contributed by atoms with E-state index in [1.165, 1.54) is 0 Å². The molecule has 0 atom stereocenters. The van der Waals surface area contributed by atoms with Crippen LogP contribution in [0.5, 0.6) is 6.01 Å². The highest BCUT2D eigenvalue weighted by Crippen LogP contribution is 2.13. The fourth-order valence-corrected chi connectivity index (χ4v) is 1.08. The summed E-state index contributed by atoms with van der Waals surface area (Å²) in [7, 11) is 0. The van der Waals surface area contributed by atoms with Crippen LogP contribution < -0.4 is 4.74 Å². The van der Waals surface area contributed by atoms with Crippen LogP contribution in [0, 0.1) is 12.3 Å². The molecule has 0 aliphatic heterocycles. The fraction of sp³-hybridized carbons (Fsp3) is 0.0909. The fourth-order valence-electron chi connectivity index (χ4n) is 1.08. The van der Waals surface area contributed by atoms with Gasteiger partial charge in [0.05, 0.1) is 11.9 Å². The minimum absolute atomic E-state index is 0.157. The molecule has 5 heteroatoms. The van der Waals surface area contributed by atoms with Crippen LogP contribution in [0.3, 0.4) is 0 Å². The quantitative estimate of drug-likeness (QED) is 0.709. The predicted molar refractivity (Wildman–Crippen MR) is 57.4 cm³/mol. The van der Waals surface area contributed by atoms with Crippen LogP contribution in [0.15, 0.2) is 31.0 Å². The van der Waals surface area contributed by atoms with Crippen molar-refractivity contribution >= 4 is 0 Å². The zero-order valence-electron chi connectivity index (χ0n) is 8.37. The van der Waals surface area contributed by atoms with Gasteiger partial charge in [0.15, 0.2) is 6.61 Å². The summed E-state index contributed by atoms with van der Waals surface area (Å²) in [4.78, 5) is 16.1. The predicted octanol–water partition coefficient (Wildman–Crippen LogP) is 0.946. The zero-order valence-corrected chi connectivity index (χ0v) is 8.37. The van der Waals surface area contributed by atoms with Gasteiger partial charge in [0, 0.05) is 30.4 Å². The van der Waals surface area contributed by atoms with Crippen LogP contribution >= 0.6 is 0 Å². The van der Waals surface area contributed by atoms with Gasteiger partial charge in [0.1, 0.15) is 0 Å². The van der Waals surface area contributed by atoms with Crippen LogP contribution in [-0.4, -0.2) is 26.5 Å². The lowest BCUT2D eigenvalue weighted by Crippen LogP contribution is -1.98. The first-order chi connectivity index (χ1) is 7.90. The van der Waals surface area contributed by atoms with Crippen molar-refractivity contribution in [3.63, 3.8) is 0 Å². The van der Waals surface area contributed by atoms with Crippen molar-refractivity contribution in [2.75, 3.05) is 6.61 Å². The average molecular weight is 212 g/mol. The summed E-state index contributed by atoms with van der Waals surface area (Å²) in [6, 6.07) is 0.255. The molecule has 0 unspecified atom stereocenters. The van der Waals surface area contributed by atoms with Gasteiger partial charge in [-0.15, -0.1) is 6.42 Å². The smallest absolute Gasteiger partial charge is 0.317 e. The van der Waals surface area contributed by atoms with Crippen molar-refractivity contribution in [1.29, 1.82) is 0 Å². The van der Waals surface area contributed by atoms with Gasteiger partial charge >= 0.3 is 6.01 Å². The molecule has 2 heterocycles. The summed E-state index contributed by atoms with van der Waals surface area (Å²) < 4.78 is 5.05. The van der Waals surface area contributed by atoms with Crippen molar-refractivity contribution in [1.82, 2.24) is 19.9 Å². The van der Waals surface area contributed by atoms with Crippen LogP contribution in [0.25, 0.3) is 11.3 Å². The SMILES string of the molecule is C#CCOc1ncc(-c2cnccn2)cn1. The van der Waals surface area contributed by atoms with Crippen LogP contribution in [-0.2, 0) is 0 Å². The van der Waals surface area contributed by atoms with Gasteiger partial charge in [-0.2, -0.15) is 0 Å². The number of hydrogen-bond donors (Lipinski definition) is 0. The molecule has 0 saturated carbocycles. The number of nitrogens with zero attached hydrogens (tertiary/aromatic N) is 4. The molecule has 0 aliphatic rings. The monoisotopic (exact) mass is 212 g/mol. The number of rotatable bonds is 3. The molecular formula is C11H8N4O. The molecule has 0 amide bonds. The summed E-state index contributed by atoms with van der Waals surface area (Å²) in [5.41, 5.74) is 1.49. The highest BCUT2D eigenvalue weighted by atomic mass is 16.5. The summed E-state index contributed by atoms with van der Waals surface area (Å²) in [5, 5.41) is 0. The third-order valence-corrected chi connectivity index (χ3v) is 1.77. The van der Waals surface area contributed by atoms with Crippen molar-refractivity contribution in [2.45, 2.75) is 0 Å². The Kier molecular flexibility index (Phi) is 3.04. The van der Waals surface area contributed by atoms with E-state index in [0.29, 0.717) is 5.69 Å². The molecule has 16 heavy (non-hydrogen) atoms. The third kappa shape index (κ3) is 2.30.